The number of urea groups is 1. The Labute approximate surface area is 110 Å². The first-order chi connectivity index (χ1) is 8.61. The molecule has 0 aromatic heterocycles. The summed E-state index contributed by atoms with van der Waals surface area (Å²) in [5.74, 6) is 0. The lowest BCUT2D eigenvalue weighted by molar-refractivity contribution is 0.0436. The first kappa shape index (κ1) is 13.6. The van der Waals surface area contributed by atoms with Gasteiger partial charge in [-0.1, -0.05) is 0 Å². The summed E-state index contributed by atoms with van der Waals surface area (Å²) in [7, 11) is 4.22. The predicted molar refractivity (Wildman–Crippen MR) is 72.7 cm³/mol. The number of nitrogens with zero attached hydrogens (tertiary/aromatic N) is 4. The van der Waals surface area contributed by atoms with Crippen LogP contribution in [0.5, 0.6) is 0 Å². The van der Waals surface area contributed by atoms with E-state index >= 15 is 0 Å². The molecule has 2 heterocycles. The van der Waals surface area contributed by atoms with Gasteiger partial charge in [-0.2, -0.15) is 0 Å². The van der Waals surface area contributed by atoms with Crippen molar-refractivity contribution in [1.82, 2.24) is 19.6 Å². The maximum absolute atomic E-state index is 12.2. The second kappa shape index (κ2) is 5.89. The first-order valence-electron chi connectivity index (χ1n) is 7.04. The largest absolute Gasteiger partial charge is 0.325 e. The molecule has 5 heteroatoms. The Kier molecular flexibility index (Phi) is 4.45. The highest BCUT2D eigenvalue weighted by molar-refractivity contribution is 5.75. The summed E-state index contributed by atoms with van der Waals surface area (Å²) in [6, 6.07) is 0.692. The molecule has 2 fully saturated rings. The summed E-state index contributed by atoms with van der Waals surface area (Å²) in [6.07, 6.45) is 1.12. The minimum absolute atomic E-state index is 0.251. The molecule has 2 aliphatic heterocycles. The van der Waals surface area contributed by atoms with Crippen molar-refractivity contribution in [2.24, 2.45) is 0 Å². The van der Waals surface area contributed by atoms with Crippen LogP contribution in [0.4, 0.5) is 4.79 Å². The van der Waals surface area contributed by atoms with E-state index in [1.165, 1.54) is 0 Å². The van der Waals surface area contributed by atoms with Crippen LogP contribution in [-0.4, -0.2) is 91.6 Å². The third-order valence-corrected chi connectivity index (χ3v) is 4.06. The van der Waals surface area contributed by atoms with E-state index in [1.807, 2.05) is 4.90 Å². The molecule has 0 aromatic carbocycles. The number of hydrogen-bond acceptors (Lipinski definition) is 3. The molecule has 0 spiro atoms. The molecule has 0 aliphatic carbocycles. The van der Waals surface area contributed by atoms with E-state index in [1.54, 1.807) is 0 Å². The van der Waals surface area contributed by atoms with Gasteiger partial charge in [-0.3, -0.25) is 4.90 Å². The molecule has 5 nitrogen and oxygen atoms in total. The Morgan fingerprint density at radius 3 is 2.72 bits per heavy atom. The third kappa shape index (κ3) is 2.95. The fourth-order valence-corrected chi connectivity index (χ4v) is 2.84. The number of carbonyl (C=O) groups is 1. The van der Waals surface area contributed by atoms with E-state index in [-0.39, 0.29) is 6.03 Å². The van der Waals surface area contributed by atoms with Crippen molar-refractivity contribution in [1.29, 1.82) is 0 Å². The van der Waals surface area contributed by atoms with Crippen LogP contribution in [-0.2, 0) is 0 Å². The number of amides is 2. The van der Waals surface area contributed by atoms with Crippen LogP contribution in [0.2, 0.25) is 0 Å². The number of fused-ring (bicyclic) bond motifs is 1. The Morgan fingerprint density at radius 1 is 1.28 bits per heavy atom. The lowest BCUT2D eigenvalue weighted by Gasteiger charge is -2.47. The van der Waals surface area contributed by atoms with E-state index < -0.39 is 0 Å². The van der Waals surface area contributed by atoms with Gasteiger partial charge < -0.3 is 14.7 Å². The van der Waals surface area contributed by atoms with Gasteiger partial charge in [0.15, 0.2) is 0 Å². The molecule has 104 valence electrons. The fourth-order valence-electron chi connectivity index (χ4n) is 2.84. The smallest absolute Gasteiger partial charge is 0.320 e. The predicted octanol–water partition coefficient (Wildman–Crippen LogP) is 0.380. The van der Waals surface area contributed by atoms with Gasteiger partial charge in [0.05, 0.1) is 0 Å². The van der Waals surface area contributed by atoms with Gasteiger partial charge in [-0.25, -0.2) is 4.79 Å². The van der Waals surface area contributed by atoms with Gasteiger partial charge in [0.25, 0.3) is 0 Å². The highest BCUT2D eigenvalue weighted by Crippen LogP contribution is 2.20. The number of piperazine rings is 1. The zero-order chi connectivity index (χ0) is 13.1. The molecule has 1 atom stereocenters. The quantitative estimate of drug-likeness (QED) is 0.726. The molecule has 0 radical (unpaired) electrons. The van der Waals surface area contributed by atoms with Gasteiger partial charge in [-0.05, 0) is 27.4 Å². The van der Waals surface area contributed by atoms with Crippen LogP contribution in [0.25, 0.3) is 0 Å². The molecular formula is C13H26N4O. The second-order valence-corrected chi connectivity index (χ2v) is 5.60. The Balaban J connectivity index is 1.86. The highest BCUT2D eigenvalue weighted by Gasteiger charge is 2.36. The summed E-state index contributed by atoms with van der Waals surface area (Å²) in [5.41, 5.74) is 0. The van der Waals surface area contributed by atoms with Crippen LogP contribution in [0.3, 0.4) is 0 Å². The molecule has 0 bridgehead atoms. The van der Waals surface area contributed by atoms with Crippen LogP contribution < -0.4 is 0 Å². The maximum Gasteiger partial charge on any atom is 0.320 e. The van der Waals surface area contributed by atoms with E-state index in [9.17, 15) is 4.79 Å². The SMILES string of the molecule is CCN1CC[C@@H]2CN(CCN(C)C)CCN2C1=O. The minimum Gasteiger partial charge on any atom is -0.325 e. The van der Waals surface area contributed by atoms with Gasteiger partial charge in [0.2, 0.25) is 0 Å². The molecule has 0 N–H and O–H groups in total. The number of hydrogen-bond donors (Lipinski definition) is 0. The van der Waals surface area contributed by atoms with Crippen molar-refractivity contribution in [2.75, 3.05) is 59.9 Å². The standard InChI is InChI=1S/C13H26N4O/c1-4-16-6-5-12-11-15(8-7-14(2)3)9-10-17(12)13(16)18/h12H,4-11H2,1-3H3/t12-/m1/s1. The monoisotopic (exact) mass is 254 g/mol. The highest BCUT2D eigenvalue weighted by atomic mass is 16.2. The van der Waals surface area contributed by atoms with E-state index in [4.69, 9.17) is 0 Å². The lowest BCUT2D eigenvalue weighted by atomic mass is 10.1. The normalized spacial score (nSPS) is 25.8. The van der Waals surface area contributed by atoms with E-state index in [2.05, 4.69) is 35.7 Å². The summed E-state index contributed by atoms with van der Waals surface area (Å²) in [5, 5.41) is 0. The second-order valence-electron chi connectivity index (χ2n) is 5.60. The van der Waals surface area contributed by atoms with Crippen LogP contribution >= 0.6 is 0 Å². The summed E-state index contributed by atoms with van der Waals surface area (Å²) < 4.78 is 0. The molecule has 0 aromatic rings. The van der Waals surface area contributed by atoms with Gasteiger partial charge in [0.1, 0.15) is 0 Å². The first-order valence-corrected chi connectivity index (χ1v) is 7.04. The summed E-state index contributed by atoms with van der Waals surface area (Å²) in [6.45, 7) is 9.01. The van der Waals surface area contributed by atoms with Crippen molar-refractivity contribution in [3.05, 3.63) is 0 Å². The molecule has 2 rings (SSSR count). The summed E-state index contributed by atoms with van der Waals surface area (Å²) >= 11 is 0. The number of likely N-dealkylation sites (N-methyl/N-ethyl adjacent to an activating group) is 1. The third-order valence-electron chi connectivity index (χ3n) is 4.06. The van der Waals surface area contributed by atoms with Crippen molar-refractivity contribution < 1.29 is 4.79 Å². The van der Waals surface area contributed by atoms with E-state index in [0.717, 1.165) is 52.2 Å². The lowest BCUT2D eigenvalue weighted by Crippen LogP contribution is -2.62. The molecular weight excluding hydrogens is 228 g/mol. The van der Waals surface area contributed by atoms with Crippen molar-refractivity contribution >= 4 is 6.03 Å². The fraction of sp³-hybridized carbons (Fsp3) is 0.923. The molecule has 18 heavy (non-hydrogen) atoms. The Hall–Kier alpha value is -0.810. The molecule has 2 aliphatic rings. The van der Waals surface area contributed by atoms with Crippen LogP contribution in [0.1, 0.15) is 13.3 Å². The van der Waals surface area contributed by atoms with E-state index in [0.29, 0.717) is 6.04 Å². The molecule has 2 amide bonds. The molecule has 0 unspecified atom stereocenters. The Bertz CT molecular complexity index is 295. The molecule has 2 saturated heterocycles. The minimum atomic E-state index is 0.251. The van der Waals surface area contributed by atoms with Crippen molar-refractivity contribution in [2.45, 2.75) is 19.4 Å². The van der Waals surface area contributed by atoms with Gasteiger partial charge >= 0.3 is 6.03 Å². The average Bonchev–Trinajstić information content (AvgIpc) is 2.37. The zero-order valence-corrected chi connectivity index (χ0v) is 11.9. The topological polar surface area (TPSA) is 30.0 Å². The van der Waals surface area contributed by atoms with Crippen LogP contribution in [0.15, 0.2) is 0 Å². The Morgan fingerprint density at radius 2 is 2.06 bits per heavy atom. The number of carbonyl (C=O) groups excluding carboxylic acids is 1. The van der Waals surface area contributed by atoms with Crippen molar-refractivity contribution in [3.8, 4) is 0 Å². The summed E-state index contributed by atoms with van der Waals surface area (Å²) in [4.78, 5) is 21.0. The maximum atomic E-state index is 12.2. The molecule has 0 saturated carbocycles. The zero-order valence-electron chi connectivity index (χ0n) is 11.9. The van der Waals surface area contributed by atoms with Crippen LogP contribution in [0, 0.1) is 0 Å². The van der Waals surface area contributed by atoms with Gasteiger partial charge in [0, 0.05) is 51.9 Å². The van der Waals surface area contributed by atoms with Gasteiger partial charge in [-0.15, -0.1) is 0 Å². The average molecular weight is 254 g/mol. The van der Waals surface area contributed by atoms with Crippen molar-refractivity contribution in [3.63, 3.8) is 0 Å². The number of rotatable bonds is 4.